The van der Waals surface area contributed by atoms with Crippen LogP contribution in [0.25, 0.3) is 16.6 Å². The van der Waals surface area contributed by atoms with E-state index >= 15 is 0 Å². The number of pyridine rings is 1. The number of hydrogen-bond donors (Lipinski definition) is 1. The summed E-state index contributed by atoms with van der Waals surface area (Å²) in [4.78, 5) is 13.6. The predicted molar refractivity (Wildman–Crippen MR) is 112 cm³/mol. The Morgan fingerprint density at radius 3 is 3.00 bits per heavy atom. The molecule has 0 spiro atoms. The molecule has 29 heavy (non-hydrogen) atoms. The van der Waals surface area contributed by atoms with Crippen LogP contribution in [0.5, 0.6) is 5.75 Å². The van der Waals surface area contributed by atoms with Crippen LogP contribution in [0.1, 0.15) is 35.4 Å². The minimum atomic E-state index is 0.250. The summed E-state index contributed by atoms with van der Waals surface area (Å²) in [5.74, 6) is 2.84. The second-order valence-corrected chi connectivity index (χ2v) is 8.24. The van der Waals surface area contributed by atoms with Crippen LogP contribution in [0, 0.1) is 13.8 Å². The number of thioether (sulfide) groups is 1. The molecule has 2 aliphatic heterocycles. The molecular weight excluding hydrogens is 388 g/mol. The maximum atomic E-state index is 6.03. The van der Waals surface area contributed by atoms with Gasteiger partial charge in [0.2, 0.25) is 5.95 Å². The quantitative estimate of drug-likeness (QED) is 0.657. The molecule has 0 radical (unpaired) electrons. The highest BCUT2D eigenvalue weighted by Gasteiger charge is 2.29. The molecule has 0 bridgehead atoms. The first-order chi connectivity index (χ1) is 14.1. The van der Waals surface area contributed by atoms with Crippen molar-refractivity contribution in [1.29, 1.82) is 0 Å². The lowest BCUT2D eigenvalue weighted by molar-refractivity contribution is 0.202. The van der Waals surface area contributed by atoms with Crippen LogP contribution in [-0.2, 0) is 11.3 Å². The molecule has 0 aliphatic carbocycles. The number of ether oxygens (including phenoxy) is 2. The number of nitrogens with two attached hydrogens (primary N) is 1. The summed E-state index contributed by atoms with van der Waals surface area (Å²) < 4.78 is 13.4. The van der Waals surface area contributed by atoms with E-state index in [0.29, 0.717) is 6.54 Å². The second-order valence-electron chi connectivity index (χ2n) is 7.28. The third-order valence-electron chi connectivity index (χ3n) is 5.44. The van der Waals surface area contributed by atoms with Gasteiger partial charge in [0.25, 0.3) is 0 Å². The number of nitrogens with zero attached hydrogens (tertiary/aromatic N) is 5. The molecule has 0 amide bonds. The summed E-state index contributed by atoms with van der Waals surface area (Å²) in [5.41, 5.74) is 11.7. The number of allylic oxidation sites excluding steroid dienone is 1. The van der Waals surface area contributed by atoms with Crippen molar-refractivity contribution in [1.82, 2.24) is 24.7 Å². The van der Waals surface area contributed by atoms with E-state index in [-0.39, 0.29) is 5.95 Å². The molecule has 2 N–H and O–H groups in total. The lowest BCUT2D eigenvalue weighted by Crippen LogP contribution is -2.11. The van der Waals surface area contributed by atoms with Gasteiger partial charge in [0.1, 0.15) is 22.2 Å². The zero-order valence-corrected chi connectivity index (χ0v) is 17.5. The fourth-order valence-corrected chi connectivity index (χ4v) is 5.06. The van der Waals surface area contributed by atoms with Gasteiger partial charge in [-0.1, -0.05) is 11.8 Å². The van der Waals surface area contributed by atoms with Gasteiger partial charge in [-0.15, -0.1) is 0 Å². The Labute approximate surface area is 172 Å². The van der Waals surface area contributed by atoms with E-state index < -0.39 is 0 Å². The fraction of sp³-hybridized carbons (Fsp3) is 0.400. The molecule has 3 aromatic heterocycles. The minimum absolute atomic E-state index is 0.250. The number of fused-ring (bicyclic) bond motifs is 1. The largest absolute Gasteiger partial charge is 0.497 e. The minimum Gasteiger partial charge on any atom is -0.497 e. The molecule has 3 aromatic rings. The molecule has 5 heterocycles. The highest BCUT2D eigenvalue weighted by Crippen LogP contribution is 2.41. The zero-order valence-electron chi connectivity index (χ0n) is 16.7. The van der Waals surface area contributed by atoms with Crippen molar-refractivity contribution in [3.63, 3.8) is 0 Å². The van der Waals surface area contributed by atoms with E-state index in [1.54, 1.807) is 18.9 Å². The number of nitrogen functional groups attached to an aromatic ring is 1. The van der Waals surface area contributed by atoms with Crippen LogP contribution >= 0.6 is 11.8 Å². The SMILES string of the molecule is COc1c(C)cnc(Cn2nc3c4c(nc(N)nc42)SCC2=C3CCCO2)c1C. The van der Waals surface area contributed by atoms with Gasteiger partial charge in [0, 0.05) is 22.9 Å². The van der Waals surface area contributed by atoms with Crippen LogP contribution in [0.4, 0.5) is 5.95 Å². The maximum absolute atomic E-state index is 6.03. The van der Waals surface area contributed by atoms with Crippen LogP contribution in [0.3, 0.4) is 0 Å². The van der Waals surface area contributed by atoms with Gasteiger partial charge in [-0.3, -0.25) is 4.98 Å². The number of methoxy groups -OCH3 is 1. The first kappa shape index (κ1) is 18.2. The van der Waals surface area contributed by atoms with E-state index in [2.05, 4.69) is 15.0 Å². The highest BCUT2D eigenvalue weighted by atomic mass is 32.2. The summed E-state index contributed by atoms with van der Waals surface area (Å²) in [6, 6.07) is 0. The van der Waals surface area contributed by atoms with Crippen LogP contribution in [0.2, 0.25) is 0 Å². The molecule has 2 aliphatic rings. The standard InChI is InChI=1S/C20H22N6O2S/c1-10-7-22-13(11(2)17(10)27-3)8-26-18-15-16(25-26)12-5-4-6-28-14(12)9-29-19(15)24-20(21)23-18/h7H,4-6,8-9H2,1-3H3,(H2,21,23,24). The second kappa shape index (κ2) is 6.91. The van der Waals surface area contributed by atoms with Gasteiger partial charge < -0.3 is 15.2 Å². The first-order valence-electron chi connectivity index (χ1n) is 9.58. The topological polar surface area (TPSA) is 101 Å². The first-order valence-corrected chi connectivity index (χ1v) is 10.6. The van der Waals surface area contributed by atoms with Crippen molar-refractivity contribution in [3.05, 3.63) is 34.5 Å². The van der Waals surface area contributed by atoms with Crippen molar-refractivity contribution in [3.8, 4) is 5.75 Å². The van der Waals surface area contributed by atoms with E-state index in [0.717, 1.165) is 80.9 Å². The Bertz CT molecular complexity index is 1170. The molecule has 0 saturated carbocycles. The zero-order chi connectivity index (χ0) is 20.1. The Kier molecular flexibility index (Phi) is 4.34. The van der Waals surface area contributed by atoms with Gasteiger partial charge in [0.15, 0.2) is 5.65 Å². The molecule has 9 heteroatoms. The molecule has 0 aromatic carbocycles. The number of rotatable bonds is 3. The Morgan fingerprint density at radius 1 is 1.31 bits per heavy atom. The summed E-state index contributed by atoms with van der Waals surface area (Å²) in [5, 5.41) is 6.76. The molecule has 0 unspecified atom stereocenters. The van der Waals surface area contributed by atoms with E-state index in [1.807, 2.05) is 24.7 Å². The fourth-order valence-electron chi connectivity index (χ4n) is 4.04. The molecule has 5 rings (SSSR count). The average Bonchev–Trinajstić information content (AvgIpc) is 2.98. The highest BCUT2D eigenvalue weighted by molar-refractivity contribution is 7.99. The van der Waals surface area contributed by atoms with Gasteiger partial charge >= 0.3 is 0 Å². The van der Waals surface area contributed by atoms with E-state index in [4.69, 9.17) is 20.3 Å². The number of aromatic nitrogens is 5. The number of hydrogen-bond acceptors (Lipinski definition) is 8. The van der Waals surface area contributed by atoms with Crippen molar-refractivity contribution in [2.45, 2.75) is 38.3 Å². The van der Waals surface area contributed by atoms with Crippen molar-refractivity contribution in [2.75, 3.05) is 25.2 Å². The lowest BCUT2D eigenvalue weighted by Gasteiger charge is -2.18. The lowest BCUT2D eigenvalue weighted by atomic mass is 10.0. The van der Waals surface area contributed by atoms with Crippen LogP contribution < -0.4 is 10.5 Å². The Balaban J connectivity index is 1.69. The normalized spacial score (nSPS) is 15.8. The molecule has 8 nitrogen and oxygen atoms in total. The number of aryl methyl sites for hydroxylation is 1. The molecule has 0 atom stereocenters. The maximum Gasteiger partial charge on any atom is 0.223 e. The summed E-state index contributed by atoms with van der Waals surface area (Å²) >= 11 is 1.63. The van der Waals surface area contributed by atoms with Crippen LogP contribution in [0.15, 0.2) is 17.0 Å². The third-order valence-corrected chi connectivity index (χ3v) is 6.41. The summed E-state index contributed by atoms with van der Waals surface area (Å²) in [6.07, 6.45) is 3.76. The Hall–Kier alpha value is -2.81. The van der Waals surface area contributed by atoms with Crippen molar-refractivity contribution >= 4 is 34.3 Å². The van der Waals surface area contributed by atoms with Gasteiger partial charge in [0.05, 0.1) is 37.1 Å². The number of anilines is 1. The molecule has 0 fully saturated rings. The van der Waals surface area contributed by atoms with Crippen molar-refractivity contribution in [2.24, 2.45) is 0 Å². The summed E-state index contributed by atoms with van der Waals surface area (Å²) in [7, 11) is 1.68. The monoisotopic (exact) mass is 410 g/mol. The molecule has 0 saturated heterocycles. The molecular formula is C20H22N6O2S. The Morgan fingerprint density at radius 2 is 2.17 bits per heavy atom. The predicted octanol–water partition coefficient (Wildman–Crippen LogP) is 3.10. The average molecular weight is 411 g/mol. The van der Waals surface area contributed by atoms with Crippen molar-refractivity contribution < 1.29 is 9.47 Å². The van der Waals surface area contributed by atoms with E-state index in [9.17, 15) is 0 Å². The van der Waals surface area contributed by atoms with E-state index in [1.165, 1.54) is 0 Å². The smallest absolute Gasteiger partial charge is 0.223 e. The summed E-state index contributed by atoms with van der Waals surface area (Å²) in [6.45, 7) is 5.23. The van der Waals surface area contributed by atoms with Gasteiger partial charge in [-0.25, -0.2) is 9.67 Å². The molecule has 150 valence electrons. The third kappa shape index (κ3) is 2.91. The van der Waals surface area contributed by atoms with Gasteiger partial charge in [-0.05, 0) is 26.7 Å². The van der Waals surface area contributed by atoms with Crippen LogP contribution in [-0.4, -0.2) is 44.2 Å². The van der Waals surface area contributed by atoms with Gasteiger partial charge in [-0.2, -0.15) is 10.1 Å².